The molecule has 0 aromatic heterocycles. The normalized spacial score (nSPS) is 23.0. The van der Waals surface area contributed by atoms with Gasteiger partial charge >= 0.3 is 0 Å². The summed E-state index contributed by atoms with van der Waals surface area (Å²) in [6.45, 7) is 0. The van der Waals surface area contributed by atoms with Gasteiger partial charge in [0.15, 0.2) is 0 Å². The van der Waals surface area contributed by atoms with E-state index in [0.29, 0.717) is 0 Å². The first-order valence-electron chi connectivity index (χ1n) is 5.98. The lowest BCUT2D eigenvalue weighted by molar-refractivity contribution is 0.0914. The summed E-state index contributed by atoms with van der Waals surface area (Å²) in [5.41, 5.74) is 6.02. The van der Waals surface area contributed by atoms with Crippen LogP contribution in [0.15, 0.2) is 18.2 Å². The Kier molecular flexibility index (Phi) is 3.81. The molecule has 0 aliphatic heterocycles. The van der Waals surface area contributed by atoms with Crippen molar-refractivity contribution in [3.8, 4) is 0 Å². The van der Waals surface area contributed by atoms with E-state index in [4.69, 9.17) is 10.5 Å². The predicted molar refractivity (Wildman–Crippen MR) is 66.7 cm³/mol. The Bertz CT molecular complexity index is 430. The van der Waals surface area contributed by atoms with Gasteiger partial charge in [0, 0.05) is 24.4 Å². The van der Waals surface area contributed by atoms with Crippen molar-refractivity contribution in [3.05, 3.63) is 29.6 Å². The highest BCUT2D eigenvalue weighted by molar-refractivity contribution is 5.95. The molecule has 0 radical (unpaired) electrons. The maximum absolute atomic E-state index is 13.1. The Balaban J connectivity index is 1.99. The van der Waals surface area contributed by atoms with Crippen molar-refractivity contribution >= 4 is 11.6 Å². The fraction of sp³-hybridized carbons (Fsp3) is 0.462. The number of amides is 1. The molecular formula is C13H17FN2O2. The standard InChI is InChI=1S/C13H17FN2O2/c1-18-12-3-2-11(7-12)16-13(17)8-4-9(14)6-10(15)5-8/h4-6,11-12H,2-3,7,15H2,1H3,(H,16,17). The van der Waals surface area contributed by atoms with Gasteiger partial charge in [0.25, 0.3) is 5.91 Å². The summed E-state index contributed by atoms with van der Waals surface area (Å²) >= 11 is 0. The van der Waals surface area contributed by atoms with Gasteiger partial charge in [-0.25, -0.2) is 4.39 Å². The van der Waals surface area contributed by atoms with Gasteiger partial charge < -0.3 is 15.8 Å². The molecule has 0 saturated heterocycles. The molecule has 2 atom stereocenters. The SMILES string of the molecule is COC1CCC(NC(=O)c2cc(N)cc(F)c2)C1. The summed E-state index contributed by atoms with van der Waals surface area (Å²) in [7, 11) is 1.67. The highest BCUT2D eigenvalue weighted by Gasteiger charge is 2.26. The first-order chi connectivity index (χ1) is 8.58. The summed E-state index contributed by atoms with van der Waals surface area (Å²) in [6.07, 6.45) is 2.82. The highest BCUT2D eigenvalue weighted by atomic mass is 19.1. The van der Waals surface area contributed by atoms with Crippen LogP contribution in [0.5, 0.6) is 0 Å². The van der Waals surface area contributed by atoms with Crippen LogP contribution in [0, 0.1) is 5.82 Å². The molecule has 1 fully saturated rings. The maximum atomic E-state index is 13.1. The average Bonchev–Trinajstić information content (AvgIpc) is 2.75. The number of anilines is 1. The van der Waals surface area contributed by atoms with E-state index in [2.05, 4.69) is 5.32 Å². The largest absolute Gasteiger partial charge is 0.399 e. The molecule has 1 aromatic rings. The number of benzene rings is 1. The topological polar surface area (TPSA) is 64.3 Å². The van der Waals surface area contributed by atoms with Crippen LogP contribution >= 0.6 is 0 Å². The third-order valence-electron chi connectivity index (χ3n) is 3.24. The molecule has 1 aliphatic carbocycles. The second kappa shape index (κ2) is 5.35. The minimum absolute atomic E-state index is 0.0898. The van der Waals surface area contributed by atoms with Gasteiger partial charge in [0.05, 0.1) is 6.10 Å². The van der Waals surface area contributed by atoms with E-state index in [0.717, 1.165) is 19.3 Å². The third-order valence-corrected chi connectivity index (χ3v) is 3.24. The minimum atomic E-state index is -0.499. The molecule has 5 heteroatoms. The summed E-state index contributed by atoms with van der Waals surface area (Å²) in [5, 5.41) is 2.87. The minimum Gasteiger partial charge on any atom is -0.399 e. The van der Waals surface area contributed by atoms with Crippen LogP contribution < -0.4 is 11.1 Å². The summed E-state index contributed by atoms with van der Waals surface area (Å²) in [5.74, 6) is -0.788. The van der Waals surface area contributed by atoms with Crippen LogP contribution in [0.3, 0.4) is 0 Å². The number of nitrogens with two attached hydrogens (primary N) is 1. The number of rotatable bonds is 3. The first kappa shape index (κ1) is 12.8. The monoisotopic (exact) mass is 252 g/mol. The molecule has 0 heterocycles. The lowest BCUT2D eigenvalue weighted by Gasteiger charge is -2.13. The van der Waals surface area contributed by atoms with Crippen LogP contribution in [-0.2, 0) is 4.74 Å². The smallest absolute Gasteiger partial charge is 0.251 e. The molecule has 0 spiro atoms. The number of ether oxygens (including phenoxy) is 1. The van der Waals surface area contributed by atoms with E-state index >= 15 is 0 Å². The fourth-order valence-electron chi connectivity index (χ4n) is 2.30. The Hall–Kier alpha value is -1.62. The van der Waals surface area contributed by atoms with Crippen LogP contribution in [-0.4, -0.2) is 25.2 Å². The maximum Gasteiger partial charge on any atom is 0.251 e. The number of hydrogen-bond acceptors (Lipinski definition) is 3. The quantitative estimate of drug-likeness (QED) is 0.805. The zero-order valence-electron chi connectivity index (χ0n) is 10.3. The molecular weight excluding hydrogens is 235 g/mol. The third kappa shape index (κ3) is 2.98. The Labute approximate surface area is 105 Å². The van der Waals surface area contributed by atoms with Crippen molar-refractivity contribution in [3.63, 3.8) is 0 Å². The molecule has 3 N–H and O–H groups in total. The van der Waals surface area contributed by atoms with Gasteiger partial charge in [-0.3, -0.25) is 4.79 Å². The molecule has 2 rings (SSSR count). The number of methoxy groups -OCH3 is 1. The fourth-order valence-corrected chi connectivity index (χ4v) is 2.30. The zero-order valence-corrected chi connectivity index (χ0v) is 10.3. The lowest BCUT2D eigenvalue weighted by Crippen LogP contribution is -2.33. The van der Waals surface area contributed by atoms with Crippen molar-refractivity contribution in [1.82, 2.24) is 5.32 Å². The second-order valence-corrected chi connectivity index (χ2v) is 4.61. The molecule has 1 saturated carbocycles. The van der Waals surface area contributed by atoms with Crippen molar-refractivity contribution in [2.24, 2.45) is 0 Å². The average molecular weight is 252 g/mol. The van der Waals surface area contributed by atoms with Crippen LogP contribution in [0.25, 0.3) is 0 Å². The predicted octanol–water partition coefficient (Wildman–Crippen LogP) is 1.71. The summed E-state index contributed by atoms with van der Waals surface area (Å²) in [6, 6.07) is 3.94. The van der Waals surface area contributed by atoms with Crippen LogP contribution in [0.2, 0.25) is 0 Å². The second-order valence-electron chi connectivity index (χ2n) is 4.61. The number of nitrogen functional groups attached to an aromatic ring is 1. The van der Waals surface area contributed by atoms with Crippen molar-refractivity contribution in [2.75, 3.05) is 12.8 Å². The Morgan fingerprint density at radius 3 is 2.83 bits per heavy atom. The molecule has 1 aliphatic rings. The number of halogens is 1. The molecule has 2 unspecified atom stereocenters. The van der Waals surface area contributed by atoms with Crippen molar-refractivity contribution < 1.29 is 13.9 Å². The number of nitrogens with one attached hydrogen (secondary N) is 1. The number of hydrogen-bond donors (Lipinski definition) is 2. The van der Waals surface area contributed by atoms with E-state index in [1.165, 1.54) is 18.2 Å². The summed E-state index contributed by atoms with van der Waals surface area (Å²) in [4.78, 5) is 11.9. The van der Waals surface area contributed by atoms with E-state index < -0.39 is 5.82 Å². The Morgan fingerprint density at radius 2 is 2.22 bits per heavy atom. The van der Waals surface area contributed by atoms with Gasteiger partial charge in [-0.05, 0) is 37.5 Å². The number of carbonyl (C=O) groups excluding carboxylic acids is 1. The van der Waals surface area contributed by atoms with E-state index in [1.807, 2.05) is 0 Å². The molecule has 1 amide bonds. The van der Waals surface area contributed by atoms with Gasteiger partial charge in [-0.2, -0.15) is 0 Å². The Morgan fingerprint density at radius 1 is 1.44 bits per heavy atom. The molecule has 0 bridgehead atoms. The molecule has 1 aromatic carbocycles. The first-order valence-corrected chi connectivity index (χ1v) is 5.98. The van der Waals surface area contributed by atoms with E-state index in [9.17, 15) is 9.18 Å². The summed E-state index contributed by atoms with van der Waals surface area (Å²) < 4.78 is 18.4. The lowest BCUT2D eigenvalue weighted by atomic mass is 10.1. The van der Waals surface area contributed by atoms with Gasteiger partial charge in [0.1, 0.15) is 5.82 Å². The molecule has 4 nitrogen and oxygen atoms in total. The van der Waals surface area contributed by atoms with Crippen molar-refractivity contribution in [2.45, 2.75) is 31.4 Å². The van der Waals surface area contributed by atoms with Crippen molar-refractivity contribution in [1.29, 1.82) is 0 Å². The van der Waals surface area contributed by atoms with Gasteiger partial charge in [0.2, 0.25) is 0 Å². The van der Waals surface area contributed by atoms with Crippen LogP contribution in [0.4, 0.5) is 10.1 Å². The van der Waals surface area contributed by atoms with Crippen LogP contribution in [0.1, 0.15) is 29.6 Å². The zero-order chi connectivity index (χ0) is 13.1. The highest BCUT2D eigenvalue weighted by Crippen LogP contribution is 2.22. The van der Waals surface area contributed by atoms with Gasteiger partial charge in [-0.1, -0.05) is 0 Å². The van der Waals surface area contributed by atoms with Gasteiger partial charge in [-0.15, -0.1) is 0 Å². The number of carbonyl (C=O) groups is 1. The van der Waals surface area contributed by atoms with E-state index in [1.54, 1.807) is 7.11 Å². The molecule has 18 heavy (non-hydrogen) atoms. The van der Waals surface area contributed by atoms with E-state index in [-0.39, 0.29) is 29.3 Å². The molecule has 98 valence electrons.